The monoisotopic (exact) mass is 353 g/mol. The average Bonchev–Trinajstić information content (AvgIpc) is 2.80. The third-order valence-corrected chi connectivity index (χ3v) is 7.81. The molecule has 5 rings (SSSR count). The molecule has 4 saturated carbocycles. The second-order valence-electron chi connectivity index (χ2n) is 7.45. The Bertz CT molecular complexity index is 460. The summed E-state index contributed by atoms with van der Waals surface area (Å²) < 4.78 is 1.32. The second kappa shape index (κ2) is 5.10. The fourth-order valence-electron chi connectivity index (χ4n) is 5.89. The van der Waals surface area contributed by atoms with Crippen LogP contribution in [0.2, 0.25) is 0 Å². The van der Waals surface area contributed by atoms with Crippen molar-refractivity contribution in [3.05, 3.63) is 20.8 Å². The van der Waals surface area contributed by atoms with Crippen LogP contribution < -0.4 is 5.32 Å². The molecule has 1 heterocycles. The molecule has 0 aromatic carbocycles. The standard InChI is InChI=1S/C17H24BrNS/c1-2-19-16(14-9-20-10-15(14)18)17-6-11-3-12(7-17)5-13(4-11)8-17/h9-13,16,19H,2-8H2,1H3. The molecule has 4 fully saturated rings. The van der Waals surface area contributed by atoms with Gasteiger partial charge in [0, 0.05) is 15.9 Å². The number of halogens is 1. The van der Waals surface area contributed by atoms with Gasteiger partial charge in [-0.05, 0) is 95.1 Å². The van der Waals surface area contributed by atoms with E-state index in [1.165, 1.54) is 48.6 Å². The molecular weight excluding hydrogens is 330 g/mol. The zero-order chi connectivity index (χ0) is 13.7. The van der Waals surface area contributed by atoms with E-state index in [1.807, 2.05) is 11.3 Å². The summed E-state index contributed by atoms with van der Waals surface area (Å²) in [4.78, 5) is 0. The first-order valence-electron chi connectivity index (χ1n) is 8.15. The number of hydrogen-bond acceptors (Lipinski definition) is 2. The third kappa shape index (κ3) is 2.12. The summed E-state index contributed by atoms with van der Waals surface area (Å²) in [5.41, 5.74) is 2.08. The molecule has 1 N–H and O–H groups in total. The number of rotatable bonds is 4. The lowest BCUT2D eigenvalue weighted by Gasteiger charge is -2.59. The highest BCUT2D eigenvalue weighted by molar-refractivity contribution is 9.10. The summed E-state index contributed by atoms with van der Waals surface area (Å²) in [6.07, 6.45) is 9.01. The first-order chi connectivity index (χ1) is 9.70. The maximum Gasteiger partial charge on any atom is 0.0396 e. The molecule has 0 saturated heterocycles. The summed E-state index contributed by atoms with van der Waals surface area (Å²) in [5.74, 6) is 3.08. The van der Waals surface area contributed by atoms with E-state index >= 15 is 0 Å². The Morgan fingerprint density at radius 1 is 1.20 bits per heavy atom. The van der Waals surface area contributed by atoms with Gasteiger partial charge in [0.05, 0.1) is 0 Å². The summed E-state index contributed by atoms with van der Waals surface area (Å²) >= 11 is 5.62. The van der Waals surface area contributed by atoms with Crippen LogP contribution in [0, 0.1) is 23.2 Å². The Kier molecular flexibility index (Phi) is 3.51. The Balaban J connectivity index is 1.71. The van der Waals surface area contributed by atoms with Gasteiger partial charge < -0.3 is 5.32 Å². The molecule has 0 aliphatic heterocycles. The van der Waals surface area contributed by atoms with Crippen LogP contribution in [0.1, 0.15) is 57.1 Å². The van der Waals surface area contributed by atoms with Crippen molar-refractivity contribution < 1.29 is 0 Å². The van der Waals surface area contributed by atoms with Gasteiger partial charge in [0.25, 0.3) is 0 Å². The quantitative estimate of drug-likeness (QED) is 0.766. The van der Waals surface area contributed by atoms with Gasteiger partial charge in [-0.1, -0.05) is 6.92 Å². The predicted molar refractivity (Wildman–Crippen MR) is 89.0 cm³/mol. The van der Waals surface area contributed by atoms with E-state index in [-0.39, 0.29) is 0 Å². The van der Waals surface area contributed by atoms with E-state index in [0.717, 1.165) is 24.3 Å². The minimum absolute atomic E-state index is 0.550. The minimum atomic E-state index is 0.550. The van der Waals surface area contributed by atoms with E-state index < -0.39 is 0 Å². The first kappa shape index (κ1) is 13.8. The summed E-state index contributed by atoms with van der Waals surface area (Å²) in [6.45, 7) is 3.34. The van der Waals surface area contributed by atoms with Crippen molar-refractivity contribution in [1.29, 1.82) is 0 Å². The number of nitrogens with one attached hydrogen (secondary N) is 1. The SMILES string of the molecule is CCNC(c1cscc1Br)C12CC3CC(CC(C3)C1)C2. The van der Waals surface area contributed by atoms with Crippen molar-refractivity contribution in [3.8, 4) is 0 Å². The first-order valence-corrected chi connectivity index (χ1v) is 9.89. The van der Waals surface area contributed by atoms with Crippen molar-refractivity contribution in [3.63, 3.8) is 0 Å². The third-order valence-electron chi connectivity index (χ3n) is 6.06. The van der Waals surface area contributed by atoms with Crippen LogP contribution in [0.3, 0.4) is 0 Å². The molecule has 4 aliphatic carbocycles. The van der Waals surface area contributed by atoms with Crippen LogP contribution in [0.15, 0.2) is 15.2 Å². The van der Waals surface area contributed by atoms with Crippen LogP contribution >= 0.6 is 27.3 Å². The Labute approximate surface area is 134 Å². The van der Waals surface area contributed by atoms with Crippen LogP contribution in [-0.4, -0.2) is 6.54 Å². The highest BCUT2D eigenvalue weighted by atomic mass is 79.9. The Hall–Kier alpha value is 0.140. The molecule has 4 aliphatic rings. The lowest BCUT2D eigenvalue weighted by Crippen LogP contribution is -2.51. The van der Waals surface area contributed by atoms with Gasteiger partial charge in [-0.25, -0.2) is 0 Å². The highest BCUT2D eigenvalue weighted by Gasteiger charge is 2.54. The molecule has 1 atom stereocenters. The molecule has 0 radical (unpaired) electrons. The molecule has 1 unspecified atom stereocenters. The van der Waals surface area contributed by atoms with E-state index in [2.05, 4.69) is 38.9 Å². The minimum Gasteiger partial charge on any atom is -0.310 e. The van der Waals surface area contributed by atoms with Crippen LogP contribution in [0.25, 0.3) is 0 Å². The maximum absolute atomic E-state index is 3.86. The largest absolute Gasteiger partial charge is 0.310 e. The summed E-state index contributed by atoms with van der Waals surface area (Å²) in [5, 5.41) is 8.48. The van der Waals surface area contributed by atoms with Crippen molar-refractivity contribution in [2.24, 2.45) is 23.2 Å². The van der Waals surface area contributed by atoms with Gasteiger partial charge in [0.15, 0.2) is 0 Å². The van der Waals surface area contributed by atoms with Crippen molar-refractivity contribution in [1.82, 2.24) is 5.32 Å². The lowest BCUT2D eigenvalue weighted by atomic mass is 9.47. The van der Waals surface area contributed by atoms with Crippen molar-refractivity contribution in [2.45, 2.75) is 51.5 Å². The molecule has 20 heavy (non-hydrogen) atoms. The fraction of sp³-hybridized carbons (Fsp3) is 0.765. The van der Waals surface area contributed by atoms with Crippen LogP contribution in [0.4, 0.5) is 0 Å². The number of hydrogen-bond donors (Lipinski definition) is 1. The zero-order valence-corrected chi connectivity index (χ0v) is 14.6. The molecular formula is C17H24BrNS. The van der Waals surface area contributed by atoms with E-state index in [1.54, 1.807) is 0 Å². The molecule has 1 aromatic heterocycles. The van der Waals surface area contributed by atoms with Gasteiger partial charge in [-0.2, -0.15) is 11.3 Å². The molecule has 3 heteroatoms. The molecule has 0 spiro atoms. The fourth-order valence-corrected chi connectivity index (χ4v) is 7.44. The molecule has 110 valence electrons. The summed E-state index contributed by atoms with van der Waals surface area (Å²) in [6, 6.07) is 0.571. The van der Waals surface area contributed by atoms with Gasteiger partial charge in [-0.3, -0.25) is 0 Å². The van der Waals surface area contributed by atoms with Gasteiger partial charge >= 0.3 is 0 Å². The molecule has 1 nitrogen and oxygen atoms in total. The van der Waals surface area contributed by atoms with E-state index in [9.17, 15) is 0 Å². The zero-order valence-electron chi connectivity index (χ0n) is 12.2. The smallest absolute Gasteiger partial charge is 0.0396 e. The number of thiophene rings is 1. The van der Waals surface area contributed by atoms with Crippen LogP contribution in [-0.2, 0) is 0 Å². The lowest BCUT2D eigenvalue weighted by molar-refractivity contribution is -0.0746. The molecule has 1 aromatic rings. The van der Waals surface area contributed by atoms with E-state index in [0.29, 0.717) is 11.5 Å². The summed E-state index contributed by atoms with van der Waals surface area (Å²) in [7, 11) is 0. The van der Waals surface area contributed by atoms with Gasteiger partial charge in [-0.15, -0.1) is 0 Å². The van der Waals surface area contributed by atoms with Crippen molar-refractivity contribution >= 4 is 27.3 Å². The van der Waals surface area contributed by atoms with Crippen molar-refractivity contribution in [2.75, 3.05) is 6.54 Å². The van der Waals surface area contributed by atoms with Gasteiger partial charge in [0.2, 0.25) is 0 Å². The molecule has 0 amide bonds. The highest BCUT2D eigenvalue weighted by Crippen LogP contribution is 2.64. The topological polar surface area (TPSA) is 12.0 Å². The predicted octanol–water partition coefficient (Wildman–Crippen LogP) is 5.38. The van der Waals surface area contributed by atoms with Crippen LogP contribution in [0.5, 0.6) is 0 Å². The van der Waals surface area contributed by atoms with Gasteiger partial charge in [0.1, 0.15) is 0 Å². The normalized spacial score (nSPS) is 40.2. The molecule has 4 bridgehead atoms. The average molecular weight is 354 g/mol. The maximum atomic E-state index is 3.86. The Morgan fingerprint density at radius 2 is 1.80 bits per heavy atom. The second-order valence-corrected chi connectivity index (χ2v) is 9.04. The van der Waals surface area contributed by atoms with E-state index in [4.69, 9.17) is 0 Å². The Morgan fingerprint density at radius 3 is 2.25 bits per heavy atom.